The van der Waals surface area contributed by atoms with Crippen molar-refractivity contribution in [2.45, 2.75) is 37.6 Å². The van der Waals surface area contributed by atoms with E-state index in [2.05, 4.69) is 30.2 Å². The van der Waals surface area contributed by atoms with Gasteiger partial charge >= 0.3 is 0 Å². The molecular formula is C20H26FN7O. The molecule has 4 heterocycles. The van der Waals surface area contributed by atoms with E-state index in [0.717, 1.165) is 63.6 Å². The van der Waals surface area contributed by atoms with Crippen molar-refractivity contribution in [3.05, 3.63) is 30.1 Å². The Kier molecular flexibility index (Phi) is 5.13. The van der Waals surface area contributed by atoms with Gasteiger partial charge in [0.15, 0.2) is 11.6 Å². The predicted molar refractivity (Wildman–Crippen MR) is 108 cm³/mol. The highest BCUT2D eigenvalue weighted by Gasteiger charge is 2.31. The molecule has 2 aromatic rings. The molecule has 0 radical (unpaired) electrons. The Labute approximate surface area is 169 Å². The van der Waals surface area contributed by atoms with Crippen molar-refractivity contribution < 1.29 is 9.13 Å². The van der Waals surface area contributed by atoms with Crippen LogP contribution in [-0.4, -0.2) is 65.4 Å². The summed E-state index contributed by atoms with van der Waals surface area (Å²) in [5.74, 6) is 2.09. The lowest BCUT2D eigenvalue weighted by atomic mass is 10.0. The molecule has 0 spiro atoms. The van der Waals surface area contributed by atoms with Crippen LogP contribution in [0.1, 0.15) is 37.3 Å². The van der Waals surface area contributed by atoms with Crippen LogP contribution < -0.4 is 15.1 Å². The fourth-order valence-corrected chi connectivity index (χ4v) is 4.02. The van der Waals surface area contributed by atoms with Gasteiger partial charge in [-0.25, -0.2) is 19.3 Å². The first-order valence-corrected chi connectivity index (χ1v) is 10.5. The highest BCUT2D eigenvalue weighted by Crippen LogP contribution is 2.41. The molecule has 0 unspecified atom stereocenters. The molecule has 0 amide bonds. The molecule has 1 saturated carbocycles. The van der Waals surface area contributed by atoms with E-state index >= 15 is 0 Å². The molecule has 154 valence electrons. The highest BCUT2D eigenvalue weighted by atomic mass is 19.1. The molecule has 1 aliphatic carbocycles. The minimum Gasteiger partial charge on any atom is -0.378 e. The number of piperidine rings is 1. The van der Waals surface area contributed by atoms with Crippen LogP contribution in [0.2, 0.25) is 0 Å². The lowest BCUT2D eigenvalue weighted by molar-refractivity contribution is 0.122. The van der Waals surface area contributed by atoms with Gasteiger partial charge in [0.1, 0.15) is 12.1 Å². The van der Waals surface area contributed by atoms with Crippen molar-refractivity contribution >= 4 is 17.6 Å². The van der Waals surface area contributed by atoms with Crippen molar-refractivity contribution in [1.82, 2.24) is 19.9 Å². The minimum atomic E-state index is -0.229. The van der Waals surface area contributed by atoms with Crippen LogP contribution in [0.25, 0.3) is 0 Å². The van der Waals surface area contributed by atoms with Gasteiger partial charge < -0.3 is 19.9 Å². The van der Waals surface area contributed by atoms with Crippen LogP contribution in [-0.2, 0) is 4.74 Å². The zero-order chi connectivity index (χ0) is 19.6. The quantitative estimate of drug-likeness (QED) is 0.820. The lowest BCUT2D eigenvalue weighted by Gasteiger charge is -2.33. The van der Waals surface area contributed by atoms with Crippen LogP contribution in [0, 0.1) is 5.82 Å². The second-order valence-corrected chi connectivity index (χ2v) is 7.92. The van der Waals surface area contributed by atoms with Gasteiger partial charge in [0.2, 0.25) is 5.95 Å². The molecule has 0 aromatic carbocycles. The summed E-state index contributed by atoms with van der Waals surface area (Å²) in [6, 6.07) is 2.20. The van der Waals surface area contributed by atoms with Crippen LogP contribution in [0.3, 0.4) is 0 Å². The number of anilines is 3. The molecule has 0 bridgehead atoms. The molecule has 9 heteroatoms. The molecule has 8 nitrogen and oxygen atoms in total. The summed E-state index contributed by atoms with van der Waals surface area (Å²) >= 11 is 0. The number of aromatic nitrogens is 4. The fourth-order valence-electron chi connectivity index (χ4n) is 4.02. The summed E-state index contributed by atoms with van der Waals surface area (Å²) in [6.45, 7) is 4.57. The Bertz CT molecular complexity index is 848. The molecule has 3 aliphatic rings. The smallest absolute Gasteiger partial charge is 0.227 e. The fraction of sp³-hybridized carbons (Fsp3) is 0.600. The molecule has 1 N–H and O–H groups in total. The van der Waals surface area contributed by atoms with E-state index in [1.54, 1.807) is 6.20 Å². The zero-order valence-corrected chi connectivity index (χ0v) is 16.4. The van der Waals surface area contributed by atoms with Crippen molar-refractivity contribution in [2.24, 2.45) is 0 Å². The van der Waals surface area contributed by atoms with E-state index in [1.807, 2.05) is 11.0 Å². The third-order valence-corrected chi connectivity index (χ3v) is 5.85. The van der Waals surface area contributed by atoms with Gasteiger partial charge in [-0.15, -0.1) is 0 Å². The molecule has 3 fully saturated rings. The molecule has 5 rings (SSSR count). The summed E-state index contributed by atoms with van der Waals surface area (Å²) in [5.41, 5.74) is 0.590. The topological polar surface area (TPSA) is 79.3 Å². The van der Waals surface area contributed by atoms with Crippen molar-refractivity contribution in [3.8, 4) is 0 Å². The Morgan fingerprint density at radius 2 is 1.76 bits per heavy atom. The van der Waals surface area contributed by atoms with Gasteiger partial charge in [-0.2, -0.15) is 4.98 Å². The molecule has 2 aromatic heterocycles. The second kappa shape index (κ2) is 8.06. The first kappa shape index (κ1) is 18.5. The summed E-state index contributed by atoms with van der Waals surface area (Å²) < 4.78 is 20.2. The molecule has 2 saturated heterocycles. The van der Waals surface area contributed by atoms with E-state index in [-0.39, 0.29) is 11.7 Å². The average Bonchev–Trinajstić information content (AvgIpc) is 3.61. The monoisotopic (exact) mass is 399 g/mol. The Morgan fingerprint density at radius 3 is 2.52 bits per heavy atom. The zero-order valence-electron chi connectivity index (χ0n) is 16.4. The third kappa shape index (κ3) is 4.10. The van der Waals surface area contributed by atoms with Crippen molar-refractivity contribution in [2.75, 3.05) is 54.5 Å². The minimum absolute atomic E-state index is 0.229. The molecule has 2 aliphatic heterocycles. The maximum Gasteiger partial charge on any atom is 0.227 e. The van der Waals surface area contributed by atoms with Gasteiger partial charge in [-0.05, 0) is 31.7 Å². The van der Waals surface area contributed by atoms with Crippen LogP contribution in [0.5, 0.6) is 0 Å². The third-order valence-electron chi connectivity index (χ3n) is 5.85. The summed E-state index contributed by atoms with van der Waals surface area (Å²) in [7, 11) is 0. The van der Waals surface area contributed by atoms with Crippen LogP contribution in [0.15, 0.2) is 18.6 Å². The van der Waals surface area contributed by atoms with E-state index < -0.39 is 0 Å². The van der Waals surface area contributed by atoms with Gasteiger partial charge in [-0.3, -0.25) is 0 Å². The van der Waals surface area contributed by atoms with Gasteiger partial charge in [0.05, 0.1) is 18.9 Å². The van der Waals surface area contributed by atoms with Crippen LogP contribution >= 0.6 is 0 Å². The number of hydrogen-bond donors (Lipinski definition) is 1. The maximum atomic E-state index is 14.8. The first-order chi connectivity index (χ1) is 14.3. The SMILES string of the molecule is Fc1c(C2CC2)ncnc1N1CCC(Nc2ccnc(N3CCOCC3)n2)CC1. The van der Waals surface area contributed by atoms with Gasteiger partial charge in [0.25, 0.3) is 0 Å². The Balaban J connectivity index is 1.20. The highest BCUT2D eigenvalue weighted by molar-refractivity contribution is 5.45. The molecule has 29 heavy (non-hydrogen) atoms. The summed E-state index contributed by atoms with van der Waals surface area (Å²) in [6.07, 6.45) is 7.17. The number of rotatable bonds is 5. The average molecular weight is 399 g/mol. The normalized spacial score (nSPS) is 20.7. The van der Waals surface area contributed by atoms with Crippen LogP contribution in [0.4, 0.5) is 22.0 Å². The van der Waals surface area contributed by atoms with Crippen molar-refractivity contribution in [3.63, 3.8) is 0 Å². The second-order valence-electron chi connectivity index (χ2n) is 7.92. The van der Waals surface area contributed by atoms with Gasteiger partial charge in [0, 0.05) is 44.3 Å². The lowest BCUT2D eigenvalue weighted by Crippen LogP contribution is -2.40. The number of nitrogens with one attached hydrogen (secondary N) is 1. The van der Waals surface area contributed by atoms with Gasteiger partial charge in [-0.1, -0.05) is 0 Å². The van der Waals surface area contributed by atoms with E-state index in [0.29, 0.717) is 30.8 Å². The number of halogens is 1. The first-order valence-electron chi connectivity index (χ1n) is 10.5. The standard InChI is InChI=1S/C20H26FN7O/c21-17-18(14-1-2-14)23-13-24-19(17)27-7-4-15(5-8-27)25-16-3-6-22-20(26-16)28-9-11-29-12-10-28/h3,6,13-15H,1-2,4-5,7-12H2,(H,22,25,26). The van der Waals surface area contributed by atoms with Crippen molar-refractivity contribution in [1.29, 1.82) is 0 Å². The maximum absolute atomic E-state index is 14.8. The predicted octanol–water partition coefficient (Wildman–Crippen LogP) is 2.20. The largest absolute Gasteiger partial charge is 0.378 e. The number of morpholine rings is 1. The van der Waals surface area contributed by atoms with E-state index in [4.69, 9.17) is 4.74 Å². The number of hydrogen-bond acceptors (Lipinski definition) is 8. The number of ether oxygens (including phenoxy) is 1. The Hall–Kier alpha value is -2.55. The van der Waals surface area contributed by atoms with E-state index in [9.17, 15) is 4.39 Å². The van der Waals surface area contributed by atoms with E-state index in [1.165, 1.54) is 6.33 Å². The molecular weight excluding hydrogens is 373 g/mol. The Morgan fingerprint density at radius 1 is 0.966 bits per heavy atom. The summed E-state index contributed by atoms with van der Waals surface area (Å²) in [4.78, 5) is 21.7. The number of nitrogens with zero attached hydrogens (tertiary/aromatic N) is 6. The molecule has 0 atom stereocenters. The summed E-state index contributed by atoms with van der Waals surface area (Å²) in [5, 5.41) is 3.52.